The summed E-state index contributed by atoms with van der Waals surface area (Å²) in [7, 11) is 0. The number of aromatic nitrogens is 1. The van der Waals surface area contributed by atoms with Crippen molar-refractivity contribution >= 4 is 22.5 Å². The third kappa shape index (κ3) is 4.20. The molecule has 6 nitrogen and oxygen atoms in total. The molecule has 0 radical (unpaired) electrons. The molecule has 1 aromatic heterocycles. The van der Waals surface area contributed by atoms with Crippen LogP contribution in [0.3, 0.4) is 0 Å². The molecule has 0 bridgehead atoms. The van der Waals surface area contributed by atoms with Gasteiger partial charge in [0.1, 0.15) is 6.04 Å². The molecular formula is C23H29N5O. The first-order chi connectivity index (χ1) is 14.2. The summed E-state index contributed by atoms with van der Waals surface area (Å²) in [5.41, 5.74) is 2.27. The number of anilines is 1. The topological polar surface area (TPSA) is 63.5 Å². The van der Waals surface area contributed by atoms with E-state index in [4.69, 9.17) is 0 Å². The SMILES string of the molecule is CCN(c1ccc2ncccc2c1)C1CCN(CC(=O)N2CCC[C@H]2C#N)CC1. The molecule has 0 saturated carbocycles. The van der Waals surface area contributed by atoms with Gasteiger partial charge in [-0.15, -0.1) is 0 Å². The fourth-order valence-electron chi connectivity index (χ4n) is 4.76. The van der Waals surface area contributed by atoms with Crippen LogP contribution in [0, 0.1) is 11.3 Å². The molecular weight excluding hydrogens is 362 g/mol. The van der Waals surface area contributed by atoms with Gasteiger partial charge >= 0.3 is 0 Å². The van der Waals surface area contributed by atoms with Crippen molar-refractivity contribution in [2.45, 2.75) is 44.7 Å². The van der Waals surface area contributed by atoms with Crippen molar-refractivity contribution in [1.82, 2.24) is 14.8 Å². The van der Waals surface area contributed by atoms with Gasteiger partial charge in [0.05, 0.1) is 18.1 Å². The van der Waals surface area contributed by atoms with Crippen LogP contribution in [0.1, 0.15) is 32.6 Å². The van der Waals surface area contributed by atoms with Crippen LogP contribution < -0.4 is 4.90 Å². The number of nitriles is 1. The summed E-state index contributed by atoms with van der Waals surface area (Å²) in [5, 5.41) is 10.4. The number of hydrogen-bond donors (Lipinski definition) is 0. The number of pyridine rings is 1. The number of hydrogen-bond acceptors (Lipinski definition) is 5. The van der Waals surface area contributed by atoms with Gasteiger partial charge in [0.2, 0.25) is 5.91 Å². The normalized spacial score (nSPS) is 20.7. The summed E-state index contributed by atoms with van der Waals surface area (Å²) >= 11 is 0. The lowest BCUT2D eigenvalue weighted by Gasteiger charge is -2.39. The van der Waals surface area contributed by atoms with Crippen molar-refractivity contribution in [3.05, 3.63) is 36.5 Å². The first-order valence-corrected chi connectivity index (χ1v) is 10.7. The highest BCUT2D eigenvalue weighted by Gasteiger charge is 2.31. The minimum atomic E-state index is -0.224. The van der Waals surface area contributed by atoms with Crippen LogP contribution in [0.4, 0.5) is 5.69 Å². The molecule has 2 saturated heterocycles. The van der Waals surface area contributed by atoms with Gasteiger partial charge in [-0.05, 0) is 56.9 Å². The Morgan fingerprint density at radius 2 is 2.07 bits per heavy atom. The predicted molar refractivity (Wildman–Crippen MR) is 115 cm³/mol. The smallest absolute Gasteiger partial charge is 0.237 e. The van der Waals surface area contributed by atoms with E-state index in [2.05, 4.69) is 52.0 Å². The molecule has 6 heteroatoms. The predicted octanol–water partition coefficient (Wildman–Crippen LogP) is 3.04. The molecule has 2 aromatic rings. The summed E-state index contributed by atoms with van der Waals surface area (Å²) in [4.78, 5) is 23.5. The number of nitrogens with zero attached hydrogens (tertiary/aromatic N) is 5. The maximum absolute atomic E-state index is 12.6. The van der Waals surface area contributed by atoms with E-state index in [1.807, 2.05) is 12.3 Å². The number of carbonyl (C=O) groups excluding carboxylic acids is 1. The molecule has 152 valence electrons. The van der Waals surface area contributed by atoms with Crippen molar-refractivity contribution in [3.8, 4) is 6.07 Å². The molecule has 1 atom stereocenters. The summed E-state index contributed by atoms with van der Waals surface area (Å²) in [6.45, 7) is 6.19. The third-order valence-corrected chi connectivity index (χ3v) is 6.34. The van der Waals surface area contributed by atoms with Gasteiger partial charge in [-0.3, -0.25) is 14.7 Å². The average Bonchev–Trinajstić information content (AvgIpc) is 3.24. The van der Waals surface area contributed by atoms with Crippen molar-refractivity contribution in [2.24, 2.45) is 0 Å². The van der Waals surface area contributed by atoms with E-state index in [1.165, 1.54) is 11.1 Å². The van der Waals surface area contributed by atoms with E-state index in [0.717, 1.165) is 57.4 Å². The molecule has 2 aliphatic rings. The zero-order valence-electron chi connectivity index (χ0n) is 17.1. The summed E-state index contributed by atoms with van der Waals surface area (Å²) in [6, 6.07) is 13.1. The van der Waals surface area contributed by atoms with Crippen molar-refractivity contribution < 1.29 is 4.79 Å². The Bertz CT molecular complexity index is 900. The van der Waals surface area contributed by atoms with Crippen molar-refractivity contribution in [3.63, 3.8) is 0 Å². The van der Waals surface area contributed by atoms with Gasteiger partial charge < -0.3 is 9.80 Å². The largest absolute Gasteiger partial charge is 0.369 e. The number of rotatable bonds is 5. The van der Waals surface area contributed by atoms with Crippen LogP contribution in [0.25, 0.3) is 10.9 Å². The summed E-state index contributed by atoms with van der Waals surface area (Å²) < 4.78 is 0. The molecule has 2 fully saturated rings. The summed E-state index contributed by atoms with van der Waals surface area (Å²) in [6.07, 6.45) is 5.69. The van der Waals surface area contributed by atoms with Gasteiger partial charge in [0, 0.05) is 49.5 Å². The van der Waals surface area contributed by atoms with Crippen LogP contribution in [-0.2, 0) is 4.79 Å². The monoisotopic (exact) mass is 391 g/mol. The van der Waals surface area contributed by atoms with Crippen molar-refractivity contribution in [2.75, 3.05) is 37.6 Å². The minimum Gasteiger partial charge on any atom is -0.369 e. The molecule has 0 N–H and O–H groups in total. The quantitative estimate of drug-likeness (QED) is 0.784. The van der Waals surface area contributed by atoms with Crippen LogP contribution in [0.15, 0.2) is 36.5 Å². The zero-order valence-corrected chi connectivity index (χ0v) is 17.1. The van der Waals surface area contributed by atoms with Crippen LogP contribution in [0.5, 0.6) is 0 Å². The maximum atomic E-state index is 12.6. The molecule has 0 spiro atoms. The first kappa shape index (κ1) is 19.7. The number of piperidine rings is 1. The van der Waals surface area contributed by atoms with E-state index in [9.17, 15) is 10.1 Å². The fraction of sp³-hybridized carbons (Fsp3) is 0.522. The Morgan fingerprint density at radius 1 is 1.24 bits per heavy atom. The molecule has 0 aliphatic carbocycles. The lowest BCUT2D eigenvalue weighted by molar-refractivity contribution is -0.132. The molecule has 4 rings (SSSR count). The molecule has 0 unspecified atom stereocenters. The minimum absolute atomic E-state index is 0.113. The molecule has 29 heavy (non-hydrogen) atoms. The van der Waals surface area contributed by atoms with Crippen LogP contribution in [0.2, 0.25) is 0 Å². The Hall–Kier alpha value is -2.65. The number of likely N-dealkylation sites (tertiary alicyclic amines) is 2. The fourth-order valence-corrected chi connectivity index (χ4v) is 4.76. The van der Waals surface area contributed by atoms with Crippen molar-refractivity contribution in [1.29, 1.82) is 5.26 Å². The summed E-state index contributed by atoms with van der Waals surface area (Å²) in [5.74, 6) is 0.113. The number of fused-ring (bicyclic) bond motifs is 1. The average molecular weight is 392 g/mol. The van der Waals surface area contributed by atoms with Gasteiger partial charge in [-0.1, -0.05) is 6.07 Å². The van der Waals surface area contributed by atoms with E-state index in [0.29, 0.717) is 12.6 Å². The molecule has 1 amide bonds. The van der Waals surface area contributed by atoms with E-state index < -0.39 is 0 Å². The van der Waals surface area contributed by atoms with E-state index >= 15 is 0 Å². The molecule has 3 heterocycles. The molecule has 2 aliphatic heterocycles. The van der Waals surface area contributed by atoms with E-state index in [-0.39, 0.29) is 11.9 Å². The zero-order chi connectivity index (χ0) is 20.2. The lowest BCUT2D eigenvalue weighted by Crippen LogP contribution is -2.48. The van der Waals surface area contributed by atoms with Crippen LogP contribution in [-0.4, -0.2) is 65.5 Å². The van der Waals surface area contributed by atoms with Gasteiger partial charge in [-0.25, -0.2) is 0 Å². The maximum Gasteiger partial charge on any atom is 0.237 e. The first-order valence-electron chi connectivity index (χ1n) is 10.7. The Kier molecular flexibility index (Phi) is 5.96. The van der Waals surface area contributed by atoms with Gasteiger partial charge in [0.15, 0.2) is 0 Å². The highest BCUT2D eigenvalue weighted by molar-refractivity contribution is 5.82. The second kappa shape index (κ2) is 8.79. The second-order valence-corrected chi connectivity index (χ2v) is 8.05. The Balaban J connectivity index is 1.36. The Morgan fingerprint density at radius 3 is 2.83 bits per heavy atom. The number of benzene rings is 1. The lowest BCUT2D eigenvalue weighted by atomic mass is 10.0. The number of amides is 1. The standard InChI is InChI=1S/C23H29N5O/c1-2-27(20-7-8-22-18(15-20)5-3-11-25-22)19-9-13-26(14-10-19)17-23(29)28-12-4-6-21(28)16-24/h3,5,7-8,11,15,19,21H,2,4,6,9-10,12-14,17H2,1H3/t21-/m0/s1. The van der Waals surface area contributed by atoms with E-state index in [1.54, 1.807) is 4.90 Å². The second-order valence-electron chi connectivity index (χ2n) is 8.05. The third-order valence-electron chi connectivity index (χ3n) is 6.34. The van der Waals surface area contributed by atoms with Crippen LogP contribution >= 0.6 is 0 Å². The number of carbonyl (C=O) groups is 1. The molecule has 1 aromatic carbocycles. The van der Waals surface area contributed by atoms with Gasteiger partial charge in [-0.2, -0.15) is 5.26 Å². The van der Waals surface area contributed by atoms with Gasteiger partial charge in [0.25, 0.3) is 0 Å². The highest BCUT2D eigenvalue weighted by atomic mass is 16.2. The Labute approximate surface area is 172 Å². The highest BCUT2D eigenvalue weighted by Crippen LogP contribution is 2.26.